The van der Waals surface area contributed by atoms with Gasteiger partial charge in [-0.3, -0.25) is 0 Å². The molecule has 4 nitrogen and oxygen atoms in total. The summed E-state index contributed by atoms with van der Waals surface area (Å²) in [5, 5.41) is 9.75. The summed E-state index contributed by atoms with van der Waals surface area (Å²) < 4.78 is 5.10. The second-order valence-electron chi connectivity index (χ2n) is 4.13. The Morgan fingerprint density at radius 2 is 2.11 bits per heavy atom. The molecule has 0 spiro atoms. The first kappa shape index (κ1) is 15.4. The van der Waals surface area contributed by atoms with Crippen molar-refractivity contribution in [3.8, 4) is 5.75 Å². The zero-order chi connectivity index (χ0) is 14.1. The molecule has 0 saturated carbocycles. The largest absolute Gasteiger partial charge is 0.497 e. The number of nitrogens with zero attached hydrogens (tertiary/aromatic N) is 2. The molecule has 0 aliphatic heterocycles. The number of thiocarbonyl (C=S) groups is 1. The highest BCUT2D eigenvalue weighted by Gasteiger charge is 2.00. The lowest BCUT2D eigenvalue weighted by Gasteiger charge is -2.15. The Kier molecular flexibility index (Phi) is 6.89. The Hall–Kier alpha value is -1.62. The molecular weight excluding hydrogens is 258 g/mol. The molecule has 0 bridgehead atoms. The van der Waals surface area contributed by atoms with Gasteiger partial charge in [-0.2, -0.15) is 5.10 Å². The summed E-state index contributed by atoms with van der Waals surface area (Å²) in [6.45, 7) is 3.04. The van der Waals surface area contributed by atoms with Crippen molar-refractivity contribution in [1.29, 1.82) is 0 Å². The first-order valence-electron chi connectivity index (χ1n) is 6.37. The fraction of sp³-hybridized carbons (Fsp3) is 0.429. The minimum atomic E-state index is 0.637. The maximum absolute atomic E-state index is 5.23. The number of nitrogens with one attached hydrogen (secondary N) is 1. The van der Waals surface area contributed by atoms with Gasteiger partial charge in [0.15, 0.2) is 5.11 Å². The summed E-state index contributed by atoms with van der Waals surface area (Å²) in [5.41, 5.74) is 1.00. The first-order chi connectivity index (χ1) is 9.17. The van der Waals surface area contributed by atoms with Crippen LogP contribution in [-0.4, -0.2) is 37.0 Å². The van der Waals surface area contributed by atoms with E-state index >= 15 is 0 Å². The third kappa shape index (κ3) is 5.70. The molecule has 104 valence electrons. The molecule has 0 aliphatic carbocycles. The summed E-state index contributed by atoms with van der Waals surface area (Å²) in [6, 6.07) is 7.70. The van der Waals surface area contributed by atoms with Gasteiger partial charge in [0.1, 0.15) is 5.75 Å². The number of methoxy groups -OCH3 is 1. The van der Waals surface area contributed by atoms with E-state index in [1.54, 1.807) is 18.3 Å². The van der Waals surface area contributed by atoms with Gasteiger partial charge >= 0.3 is 0 Å². The van der Waals surface area contributed by atoms with Crippen LogP contribution >= 0.6 is 12.2 Å². The van der Waals surface area contributed by atoms with E-state index in [0.717, 1.165) is 30.7 Å². The van der Waals surface area contributed by atoms with E-state index in [4.69, 9.17) is 17.0 Å². The van der Waals surface area contributed by atoms with E-state index in [1.807, 2.05) is 31.3 Å². The minimum Gasteiger partial charge on any atom is -0.497 e. The van der Waals surface area contributed by atoms with Crippen LogP contribution in [0.4, 0.5) is 0 Å². The van der Waals surface area contributed by atoms with Gasteiger partial charge in [0, 0.05) is 13.6 Å². The molecule has 0 saturated heterocycles. The Morgan fingerprint density at radius 1 is 1.42 bits per heavy atom. The van der Waals surface area contributed by atoms with Crippen molar-refractivity contribution in [1.82, 2.24) is 10.3 Å². The molecule has 1 N–H and O–H groups in total. The number of hydrogen-bond donors (Lipinski definition) is 1. The van der Waals surface area contributed by atoms with Crippen LogP contribution in [0.15, 0.2) is 29.4 Å². The van der Waals surface area contributed by atoms with Gasteiger partial charge in [-0.1, -0.05) is 13.3 Å². The molecule has 1 aromatic rings. The second-order valence-corrected chi connectivity index (χ2v) is 4.51. The number of benzene rings is 1. The van der Waals surface area contributed by atoms with E-state index in [2.05, 4.69) is 17.3 Å². The van der Waals surface area contributed by atoms with Crippen molar-refractivity contribution in [2.45, 2.75) is 19.8 Å². The highest BCUT2D eigenvalue weighted by molar-refractivity contribution is 7.80. The number of hydrazone groups is 1. The fourth-order valence-corrected chi connectivity index (χ4v) is 1.53. The molecule has 0 unspecified atom stereocenters. The van der Waals surface area contributed by atoms with Crippen LogP contribution in [-0.2, 0) is 0 Å². The van der Waals surface area contributed by atoms with Crippen LogP contribution in [0.25, 0.3) is 0 Å². The molecule has 19 heavy (non-hydrogen) atoms. The topological polar surface area (TPSA) is 36.9 Å². The Morgan fingerprint density at radius 3 is 2.68 bits per heavy atom. The maximum atomic E-state index is 5.23. The predicted molar refractivity (Wildman–Crippen MR) is 83.9 cm³/mol. The van der Waals surface area contributed by atoms with Gasteiger partial charge in [0.2, 0.25) is 0 Å². The normalized spacial score (nSPS) is 10.5. The van der Waals surface area contributed by atoms with Crippen molar-refractivity contribution < 1.29 is 4.74 Å². The summed E-state index contributed by atoms with van der Waals surface area (Å²) >= 11 is 5.23. The zero-order valence-electron chi connectivity index (χ0n) is 11.7. The van der Waals surface area contributed by atoms with Crippen molar-refractivity contribution in [3.63, 3.8) is 0 Å². The molecule has 0 aromatic heterocycles. The van der Waals surface area contributed by atoms with Crippen molar-refractivity contribution in [2.24, 2.45) is 5.10 Å². The van der Waals surface area contributed by atoms with E-state index < -0.39 is 0 Å². The summed E-state index contributed by atoms with van der Waals surface area (Å²) in [6.07, 6.45) is 4.03. The average molecular weight is 279 g/mol. The van der Waals surface area contributed by atoms with Crippen LogP contribution in [0.3, 0.4) is 0 Å². The second kappa shape index (κ2) is 8.48. The van der Waals surface area contributed by atoms with Crippen molar-refractivity contribution in [2.75, 3.05) is 20.7 Å². The minimum absolute atomic E-state index is 0.637. The van der Waals surface area contributed by atoms with Gasteiger partial charge < -0.3 is 10.1 Å². The molecule has 5 heteroatoms. The first-order valence-corrected chi connectivity index (χ1v) is 6.77. The summed E-state index contributed by atoms with van der Waals surface area (Å²) in [5.74, 6) is 0.835. The highest BCUT2D eigenvalue weighted by atomic mass is 32.1. The van der Waals surface area contributed by atoms with E-state index in [9.17, 15) is 0 Å². The molecule has 0 aliphatic rings. The van der Waals surface area contributed by atoms with E-state index in [1.165, 1.54) is 0 Å². The summed E-state index contributed by atoms with van der Waals surface area (Å²) in [7, 11) is 3.48. The molecule has 0 atom stereocenters. The summed E-state index contributed by atoms with van der Waals surface area (Å²) in [4.78, 5) is 0. The van der Waals surface area contributed by atoms with Gasteiger partial charge in [0.25, 0.3) is 0 Å². The number of unbranched alkanes of at least 4 members (excludes halogenated alkanes) is 1. The standard InChI is InChI=1S/C14H21N3OS/c1-4-5-10-15-14(19)17(2)16-11-12-6-8-13(18-3)9-7-12/h6-9,11H,4-5,10H2,1-3H3,(H,15,19)/b16-11+. The molecule has 0 amide bonds. The Bertz CT molecular complexity index is 417. The molecule has 1 rings (SSSR count). The van der Waals surface area contributed by atoms with Crippen LogP contribution in [0.2, 0.25) is 0 Å². The van der Waals surface area contributed by atoms with Crippen molar-refractivity contribution >= 4 is 23.5 Å². The average Bonchev–Trinajstić information content (AvgIpc) is 2.45. The molecular formula is C14H21N3OS. The van der Waals surface area contributed by atoms with Crippen LogP contribution in [0, 0.1) is 0 Å². The number of rotatable bonds is 6. The Balaban J connectivity index is 2.47. The van der Waals surface area contributed by atoms with Gasteiger partial charge in [0.05, 0.1) is 13.3 Å². The number of ether oxygens (including phenoxy) is 1. The fourth-order valence-electron chi connectivity index (χ4n) is 1.38. The van der Waals surface area contributed by atoms with Crippen LogP contribution in [0.5, 0.6) is 5.75 Å². The third-order valence-corrected chi connectivity index (χ3v) is 3.00. The smallest absolute Gasteiger partial charge is 0.189 e. The van der Waals surface area contributed by atoms with Crippen LogP contribution in [0.1, 0.15) is 25.3 Å². The van der Waals surface area contributed by atoms with Gasteiger partial charge in [-0.15, -0.1) is 0 Å². The Labute approximate surface area is 120 Å². The zero-order valence-corrected chi connectivity index (χ0v) is 12.5. The molecule has 0 heterocycles. The SMILES string of the molecule is CCCCNC(=S)N(C)/N=C/c1ccc(OC)cc1. The van der Waals surface area contributed by atoms with Gasteiger partial charge in [-0.25, -0.2) is 5.01 Å². The quantitative estimate of drug-likeness (QED) is 0.376. The third-order valence-electron chi connectivity index (χ3n) is 2.60. The maximum Gasteiger partial charge on any atom is 0.189 e. The molecule has 0 fully saturated rings. The van der Waals surface area contributed by atoms with Crippen molar-refractivity contribution in [3.05, 3.63) is 29.8 Å². The monoisotopic (exact) mass is 279 g/mol. The van der Waals surface area contributed by atoms with Gasteiger partial charge in [-0.05, 0) is 48.5 Å². The predicted octanol–water partition coefficient (Wildman–Crippen LogP) is 2.64. The van der Waals surface area contributed by atoms with E-state index in [0.29, 0.717) is 5.11 Å². The lowest BCUT2D eigenvalue weighted by Crippen LogP contribution is -2.34. The lowest BCUT2D eigenvalue weighted by molar-refractivity contribution is 0.415. The van der Waals surface area contributed by atoms with E-state index in [-0.39, 0.29) is 0 Å². The highest BCUT2D eigenvalue weighted by Crippen LogP contribution is 2.09. The van der Waals surface area contributed by atoms with Crippen LogP contribution < -0.4 is 10.1 Å². The molecule has 1 aromatic carbocycles. The number of hydrogen-bond acceptors (Lipinski definition) is 3. The molecule has 0 radical (unpaired) electrons. The lowest BCUT2D eigenvalue weighted by atomic mass is 10.2.